The Bertz CT molecular complexity index is 748. The van der Waals surface area contributed by atoms with E-state index in [0.29, 0.717) is 41.9 Å². The van der Waals surface area contributed by atoms with Crippen LogP contribution in [-0.4, -0.2) is 25.1 Å². The maximum absolute atomic E-state index is 12.8. The molecule has 3 N–H and O–H groups in total. The molecule has 0 heterocycles. The van der Waals surface area contributed by atoms with Crippen molar-refractivity contribution in [2.45, 2.75) is 32.2 Å². The summed E-state index contributed by atoms with van der Waals surface area (Å²) < 4.78 is 11.6. The van der Waals surface area contributed by atoms with Gasteiger partial charge in [-0.3, -0.25) is 4.79 Å². The van der Waals surface area contributed by atoms with Gasteiger partial charge in [-0.05, 0) is 56.5 Å². The average Bonchev–Trinajstić information content (AvgIpc) is 3.11. The first kappa shape index (κ1) is 18.3. The molecular formula is C21H26N2O3. The molecule has 1 fully saturated rings. The number of hydrogen-bond acceptors (Lipinski definition) is 4. The molecule has 1 amide bonds. The number of rotatable bonds is 7. The second kappa shape index (κ2) is 8.72. The van der Waals surface area contributed by atoms with Crippen LogP contribution in [0.15, 0.2) is 48.5 Å². The standard InChI is InChI=1S/C21H26N2O3/c1-2-25-19-12-5-6-13-20(19)26-18-11-4-3-9-16(18)21(24)23-17-10-7-8-15(17)14-22/h3-6,9,11-13,15,17H,2,7-8,10,14,22H2,1H3,(H,23,24). The smallest absolute Gasteiger partial charge is 0.255 e. The summed E-state index contributed by atoms with van der Waals surface area (Å²) in [5, 5.41) is 3.13. The summed E-state index contributed by atoms with van der Waals surface area (Å²) >= 11 is 0. The molecule has 3 rings (SSSR count). The SMILES string of the molecule is CCOc1ccccc1Oc1ccccc1C(=O)NC1CCCC1CN. The molecule has 2 atom stereocenters. The monoisotopic (exact) mass is 354 g/mol. The molecule has 0 bridgehead atoms. The van der Waals surface area contributed by atoms with Crippen molar-refractivity contribution in [1.29, 1.82) is 0 Å². The molecule has 26 heavy (non-hydrogen) atoms. The third kappa shape index (κ3) is 4.17. The van der Waals surface area contributed by atoms with Crippen LogP contribution in [0.2, 0.25) is 0 Å². The van der Waals surface area contributed by atoms with Crippen LogP contribution >= 0.6 is 0 Å². The fraction of sp³-hybridized carbons (Fsp3) is 0.381. The van der Waals surface area contributed by atoms with Crippen LogP contribution in [0.4, 0.5) is 0 Å². The summed E-state index contributed by atoms with van der Waals surface area (Å²) in [5.41, 5.74) is 6.34. The second-order valence-electron chi connectivity index (χ2n) is 6.48. The molecule has 0 aromatic heterocycles. The van der Waals surface area contributed by atoms with Gasteiger partial charge in [0, 0.05) is 6.04 Å². The molecule has 1 aliphatic rings. The van der Waals surface area contributed by atoms with Crippen LogP contribution in [0.5, 0.6) is 17.2 Å². The van der Waals surface area contributed by atoms with Crippen molar-refractivity contribution >= 4 is 5.91 Å². The van der Waals surface area contributed by atoms with Gasteiger partial charge in [0.25, 0.3) is 5.91 Å². The molecule has 2 aromatic carbocycles. The largest absolute Gasteiger partial charge is 0.490 e. The van der Waals surface area contributed by atoms with E-state index in [1.54, 1.807) is 12.1 Å². The summed E-state index contributed by atoms with van der Waals surface area (Å²) in [5.74, 6) is 1.99. The molecule has 0 saturated heterocycles. The van der Waals surface area contributed by atoms with Crippen molar-refractivity contribution in [2.75, 3.05) is 13.2 Å². The highest BCUT2D eigenvalue weighted by Crippen LogP contribution is 2.33. The number of carbonyl (C=O) groups is 1. The van der Waals surface area contributed by atoms with E-state index in [9.17, 15) is 4.79 Å². The highest BCUT2D eigenvalue weighted by Gasteiger charge is 2.28. The van der Waals surface area contributed by atoms with Gasteiger partial charge < -0.3 is 20.5 Å². The number of para-hydroxylation sites is 3. The van der Waals surface area contributed by atoms with E-state index < -0.39 is 0 Å². The van der Waals surface area contributed by atoms with E-state index in [1.807, 2.05) is 43.3 Å². The lowest BCUT2D eigenvalue weighted by Gasteiger charge is -2.20. The fourth-order valence-electron chi connectivity index (χ4n) is 3.43. The second-order valence-corrected chi connectivity index (χ2v) is 6.48. The molecule has 138 valence electrons. The normalized spacial score (nSPS) is 19.2. The van der Waals surface area contributed by atoms with Gasteiger partial charge in [-0.25, -0.2) is 0 Å². The van der Waals surface area contributed by atoms with Crippen LogP contribution in [-0.2, 0) is 0 Å². The van der Waals surface area contributed by atoms with Crippen LogP contribution in [0, 0.1) is 5.92 Å². The third-order valence-corrected chi connectivity index (χ3v) is 4.78. The third-order valence-electron chi connectivity index (χ3n) is 4.78. The van der Waals surface area contributed by atoms with Gasteiger partial charge in [0.05, 0.1) is 12.2 Å². The lowest BCUT2D eigenvalue weighted by Crippen LogP contribution is -2.39. The van der Waals surface area contributed by atoms with Gasteiger partial charge in [-0.1, -0.05) is 30.7 Å². The molecular weight excluding hydrogens is 328 g/mol. The number of nitrogens with two attached hydrogens (primary N) is 1. The summed E-state index contributed by atoms with van der Waals surface area (Å²) in [6.45, 7) is 3.07. The zero-order chi connectivity index (χ0) is 18.4. The first-order chi connectivity index (χ1) is 12.7. The van der Waals surface area contributed by atoms with Crippen molar-refractivity contribution in [1.82, 2.24) is 5.32 Å². The minimum Gasteiger partial charge on any atom is -0.490 e. The van der Waals surface area contributed by atoms with E-state index in [1.165, 1.54) is 0 Å². The van der Waals surface area contributed by atoms with E-state index >= 15 is 0 Å². The Kier molecular flexibility index (Phi) is 6.12. The number of ether oxygens (including phenoxy) is 2. The van der Waals surface area contributed by atoms with Gasteiger partial charge in [-0.2, -0.15) is 0 Å². The molecule has 5 nitrogen and oxygen atoms in total. The summed E-state index contributed by atoms with van der Waals surface area (Å²) in [4.78, 5) is 12.8. The molecule has 2 unspecified atom stereocenters. The predicted octanol–water partition coefficient (Wildman–Crippen LogP) is 3.73. The van der Waals surface area contributed by atoms with Crippen molar-refractivity contribution < 1.29 is 14.3 Å². The minimum atomic E-state index is -0.125. The zero-order valence-electron chi connectivity index (χ0n) is 15.1. The van der Waals surface area contributed by atoms with E-state index in [4.69, 9.17) is 15.2 Å². The zero-order valence-corrected chi connectivity index (χ0v) is 15.1. The average molecular weight is 354 g/mol. The number of nitrogens with one attached hydrogen (secondary N) is 1. The highest BCUT2D eigenvalue weighted by atomic mass is 16.5. The number of hydrogen-bond donors (Lipinski definition) is 2. The number of carbonyl (C=O) groups excluding carboxylic acids is 1. The van der Waals surface area contributed by atoms with Crippen LogP contribution < -0.4 is 20.5 Å². The molecule has 1 saturated carbocycles. The van der Waals surface area contributed by atoms with Crippen LogP contribution in [0.25, 0.3) is 0 Å². The maximum atomic E-state index is 12.8. The maximum Gasteiger partial charge on any atom is 0.255 e. The number of benzene rings is 2. The molecule has 0 radical (unpaired) electrons. The summed E-state index contributed by atoms with van der Waals surface area (Å²) in [7, 11) is 0. The minimum absolute atomic E-state index is 0.125. The Hall–Kier alpha value is -2.53. The highest BCUT2D eigenvalue weighted by molar-refractivity contribution is 5.97. The van der Waals surface area contributed by atoms with Crippen molar-refractivity contribution in [3.8, 4) is 17.2 Å². The Balaban J connectivity index is 1.79. The topological polar surface area (TPSA) is 73.6 Å². The van der Waals surface area contributed by atoms with Crippen molar-refractivity contribution in [3.63, 3.8) is 0 Å². The lowest BCUT2D eigenvalue weighted by molar-refractivity contribution is 0.0926. The number of amides is 1. The first-order valence-electron chi connectivity index (χ1n) is 9.22. The quantitative estimate of drug-likeness (QED) is 0.794. The van der Waals surface area contributed by atoms with Crippen molar-refractivity contribution in [2.24, 2.45) is 11.7 Å². The molecule has 1 aliphatic carbocycles. The van der Waals surface area contributed by atoms with Gasteiger partial charge in [-0.15, -0.1) is 0 Å². The Morgan fingerprint density at radius 2 is 1.77 bits per heavy atom. The van der Waals surface area contributed by atoms with E-state index in [2.05, 4.69) is 5.32 Å². The van der Waals surface area contributed by atoms with Crippen LogP contribution in [0.3, 0.4) is 0 Å². The molecule has 2 aromatic rings. The van der Waals surface area contributed by atoms with Gasteiger partial charge in [0.1, 0.15) is 5.75 Å². The molecule has 0 spiro atoms. The lowest BCUT2D eigenvalue weighted by atomic mass is 10.0. The first-order valence-corrected chi connectivity index (χ1v) is 9.22. The Labute approximate surface area is 154 Å². The Morgan fingerprint density at radius 1 is 1.08 bits per heavy atom. The summed E-state index contributed by atoms with van der Waals surface area (Å²) in [6, 6.07) is 14.9. The molecule has 0 aliphatic heterocycles. The van der Waals surface area contributed by atoms with Gasteiger partial charge in [0.2, 0.25) is 0 Å². The Morgan fingerprint density at radius 3 is 2.50 bits per heavy atom. The van der Waals surface area contributed by atoms with E-state index in [-0.39, 0.29) is 11.9 Å². The van der Waals surface area contributed by atoms with Gasteiger partial charge in [0.15, 0.2) is 11.5 Å². The predicted molar refractivity (Wildman–Crippen MR) is 102 cm³/mol. The van der Waals surface area contributed by atoms with Crippen molar-refractivity contribution in [3.05, 3.63) is 54.1 Å². The fourth-order valence-corrected chi connectivity index (χ4v) is 3.43. The van der Waals surface area contributed by atoms with E-state index in [0.717, 1.165) is 19.3 Å². The van der Waals surface area contributed by atoms with Gasteiger partial charge >= 0.3 is 0 Å². The molecule has 5 heteroatoms. The summed E-state index contributed by atoms with van der Waals surface area (Å²) in [6.07, 6.45) is 3.15. The van der Waals surface area contributed by atoms with Crippen LogP contribution in [0.1, 0.15) is 36.5 Å².